The minimum Gasteiger partial charge on any atom is -0.488 e. The van der Waals surface area contributed by atoms with Crippen molar-refractivity contribution in [2.24, 2.45) is 0 Å². The van der Waals surface area contributed by atoms with Gasteiger partial charge in [0.15, 0.2) is 0 Å². The number of ether oxygens (including phenoxy) is 1. The summed E-state index contributed by atoms with van der Waals surface area (Å²) in [4.78, 5) is 0. The van der Waals surface area contributed by atoms with Gasteiger partial charge >= 0.3 is 0 Å². The van der Waals surface area contributed by atoms with Gasteiger partial charge in [-0.15, -0.1) is 0 Å². The molecule has 5 heteroatoms. The van der Waals surface area contributed by atoms with Crippen LogP contribution in [0.5, 0.6) is 5.75 Å². The largest absolute Gasteiger partial charge is 0.488 e. The van der Waals surface area contributed by atoms with E-state index in [2.05, 4.69) is 31.9 Å². The maximum Gasteiger partial charge on any atom is 0.130 e. The Hall–Kier alpha value is -2.08. The monoisotopic (exact) mass is 416 g/mol. The van der Waals surface area contributed by atoms with Gasteiger partial charge in [-0.2, -0.15) is 10.5 Å². The Labute approximate surface area is 145 Å². The van der Waals surface area contributed by atoms with Crippen molar-refractivity contribution in [2.75, 3.05) is 0 Å². The van der Waals surface area contributed by atoms with Crippen molar-refractivity contribution in [3.8, 4) is 17.9 Å². The molecule has 3 nitrogen and oxygen atoms in total. The zero-order chi connectivity index (χ0) is 15.9. The highest BCUT2D eigenvalue weighted by Crippen LogP contribution is 2.26. The number of allylic oxidation sites excluding steroid dienone is 1. The zero-order valence-electron chi connectivity index (χ0n) is 11.4. The fraction of sp³-hybridized carbons (Fsp3) is 0.0588. The van der Waals surface area contributed by atoms with E-state index in [0.29, 0.717) is 17.9 Å². The van der Waals surface area contributed by atoms with Gasteiger partial charge in [0.05, 0.1) is 0 Å². The van der Waals surface area contributed by atoms with Crippen LogP contribution in [-0.4, -0.2) is 0 Å². The van der Waals surface area contributed by atoms with Crippen LogP contribution in [0.1, 0.15) is 11.1 Å². The number of rotatable bonds is 4. The van der Waals surface area contributed by atoms with Crippen molar-refractivity contribution < 1.29 is 4.74 Å². The fourth-order valence-corrected chi connectivity index (χ4v) is 2.62. The average molecular weight is 418 g/mol. The van der Waals surface area contributed by atoms with Crippen molar-refractivity contribution in [1.82, 2.24) is 0 Å². The molecule has 0 aliphatic heterocycles. The SMILES string of the molecule is N#CC(C#N)=Cc1cc(Br)ccc1OCc1cccc(Br)c1. The maximum absolute atomic E-state index is 8.89. The van der Waals surface area contributed by atoms with Gasteiger partial charge < -0.3 is 4.74 Å². The quantitative estimate of drug-likeness (QED) is 0.640. The molecule has 0 N–H and O–H groups in total. The number of halogens is 2. The second kappa shape index (κ2) is 7.79. The van der Waals surface area contributed by atoms with Gasteiger partial charge in [0.25, 0.3) is 0 Å². The predicted molar refractivity (Wildman–Crippen MR) is 91.8 cm³/mol. The van der Waals surface area contributed by atoms with E-state index in [1.165, 1.54) is 6.08 Å². The van der Waals surface area contributed by atoms with Crippen LogP contribution in [0.3, 0.4) is 0 Å². The Kier molecular flexibility index (Phi) is 5.77. The van der Waals surface area contributed by atoms with Crippen LogP contribution in [0.4, 0.5) is 0 Å². The number of nitrogens with zero attached hydrogens (tertiary/aromatic N) is 2. The molecule has 0 amide bonds. The Morgan fingerprint density at radius 1 is 1.05 bits per heavy atom. The van der Waals surface area contributed by atoms with Crippen LogP contribution >= 0.6 is 31.9 Å². The molecule has 0 bridgehead atoms. The molecule has 0 aliphatic carbocycles. The molecule has 0 aromatic heterocycles. The molecule has 108 valence electrons. The van der Waals surface area contributed by atoms with E-state index in [9.17, 15) is 0 Å². The third-order valence-electron chi connectivity index (χ3n) is 2.80. The maximum atomic E-state index is 8.89. The van der Waals surface area contributed by atoms with Gasteiger partial charge in [0.1, 0.15) is 30.1 Å². The van der Waals surface area contributed by atoms with Gasteiger partial charge in [0.2, 0.25) is 0 Å². The Bertz CT molecular complexity index is 785. The summed E-state index contributed by atoms with van der Waals surface area (Å²) in [6.07, 6.45) is 1.51. The summed E-state index contributed by atoms with van der Waals surface area (Å²) < 4.78 is 7.66. The van der Waals surface area contributed by atoms with Crippen LogP contribution in [0, 0.1) is 22.7 Å². The number of hydrogen-bond donors (Lipinski definition) is 0. The van der Waals surface area contributed by atoms with E-state index in [1.54, 1.807) is 6.07 Å². The molecule has 22 heavy (non-hydrogen) atoms. The fourth-order valence-electron chi connectivity index (χ4n) is 1.80. The summed E-state index contributed by atoms with van der Waals surface area (Å²) in [5, 5.41) is 17.8. The highest BCUT2D eigenvalue weighted by atomic mass is 79.9. The molecule has 0 heterocycles. The lowest BCUT2D eigenvalue weighted by Gasteiger charge is -2.10. The van der Waals surface area contributed by atoms with Crippen molar-refractivity contribution >= 4 is 37.9 Å². The first kappa shape index (κ1) is 16.3. The van der Waals surface area contributed by atoms with Crippen LogP contribution < -0.4 is 4.74 Å². The lowest BCUT2D eigenvalue weighted by Crippen LogP contribution is -1.97. The molecule has 0 saturated carbocycles. The van der Waals surface area contributed by atoms with E-state index in [1.807, 2.05) is 48.5 Å². The summed E-state index contributed by atoms with van der Waals surface area (Å²) in [6, 6.07) is 17.0. The van der Waals surface area contributed by atoms with Crippen LogP contribution in [0.2, 0.25) is 0 Å². The molecule has 2 rings (SSSR count). The first-order chi connectivity index (χ1) is 10.6. The van der Waals surface area contributed by atoms with Crippen LogP contribution in [0.25, 0.3) is 6.08 Å². The minimum atomic E-state index is 0.0328. The summed E-state index contributed by atoms with van der Waals surface area (Å²) in [5.41, 5.74) is 1.74. The Balaban J connectivity index is 2.26. The lowest BCUT2D eigenvalue weighted by molar-refractivity contribution is 0.305. The first-order valence-corrected chi connectivity index (χ1v) is 7.89. The molecule has 2 aromatic rings. The van der Waals surface area contributed by atoms with Gasteiger partial charge in [-0.1, -0.05) is 44.0 Å². The molecule has 2 aromatic carbocycles. The summed E-state index contributed by atoms with van der Waals surface area (Å²) in [5.74, 6) is 0.617. The van der Waals surface area contributed by atoms with E-state index in [0.717, 1.165) is 14.5 Å². The van der Waals surface area contributed by atoms with E-state index >= 15 is 0 Å². The molecular weight excluding hydrogens is 408 g/mol. The molecule has 0 radical (unpaired) electrons. The summed E-state index contributed by atoms with van der Waals surface area (Å²) >= 11 is 6.80. The number of nitriles is 2. The van der Waals surface area contributed by atoms with Gasteiger partial charge in [-0.25, -0.2) is 0 Å². The topological polar surface area (TPSA) is 56.8 Å². The molecule has 0 fully saturated rings. The summed E-state index contributed by atoms with van der Waals surface area (Å²) in [6.45, 7) is 0.399. The van der Waals surface area contributed by atoms with Crippen molar-refractivity contribution in [2.45, 2.75) is 6.61 Å². The molecule has 0 saturated heterocycles. The molecular formula is C17H10Br2N2O. The minimum absolute atomic E-state index is 0.0328. The number of hydrogen-bond acceptors (Lipinski definition) is 3. The molecule has 0 aliphatic rings. The van der Waals surface area contributed by atoms with E-state index < -0.39 is 0 Å². The zero-order valence-corrected chi connectivity index (χ0v) is 14.6. The normalized spacial score (nSPS) is 9.45. The first-order valence-electron chi connectivity index (χ1n) is 6.31. The standard InChI is InChI=1S/C17H10Br2N2O/c18-15-3-1-2-12(7-15)11-22-17-5-4-16(19)8-14(17)6-13(9-20)10-21/h1-8H,11H2. The van der Waals surface area contributed by atoms with Crippen LogP contribution in [0.15, 0.2) is 57.0 Å². The van der Waals surface area contributed by atoms with Gasteiger partial charge in [-0.3, -0.25) is 0 Å². The van der Waals surface area contributed by atoms with Crippen molar-refractivity contribution in [1.29, 1.82) is 10.5 Å². The highest BCUT2D eigenvalue weighted by Gasteiger charge is 2.05. The third kappa shape index (κ3) is 4.46. The second-order valence-electron chi connectivity index (χ2n) is 4.38. The number of benzene rings is 2. The highest BCUT2D eigenvalue weighted by molar-refractivity contribution is 9.10. The van der Waals surface area contributed by atoms with Crippen molar-refractivity contribution in [3.05, 3.63) is 68.1 Å². The Morgan fingerprint density at radius 3 is 2.45 bits per heavy atom. The molecule has 0 unspecified atom stereocenters. The van der Waals surface area contributed by atoms with E-state index in [-0.39, 0.29) is 5.57 Å². The second-order valence-corrected chi connectivity index (χ2v) is 6.21. The van der Waals surface area contributed by atoms with E-state index in [4.69, 9.17) is 15.3 Å². The smallest absolute Gasteiger partial charge is 0.130 e. The lowest BCUT2D eigenvalue weighted by atomic mass is 10.1. The molecule has 0 atom stereocenters. The summed E-state index contributed by atoms with van der Waals surface area (Å²) in [7, 11) is 0. The predicted octanol–water partition coefficient (Wildman–Crippen LogP) is 5.22. The molecule has 0 spiro atoms. The Morgan fingerprint density at radius 2 is 1.77 bits per heavy atom. The van der Waals surface area contributed by atoms with Crippen LogP contribution in [-0.2, 0) is 6.61 Å². The van der Waals surface area contributed by atoms with Crippen molar-refractivity contribution in [3.63, 3.8) is 0 Å². The van der Waals surface area contributed by atoms with Gasteiger partial charge in [0, 0.05) is 14.5 Å². The third-order valence-corrected chi connectivity index (χ3v) is 3.78. The average Bonchev–Trinajstić information content (AvgIpc) is 2.51. The van der Waals surface area contributed by atoms with Gasteiger partial charge in [-0.05, 0) is 42.0 Å².